The van der Waals surface area contributed by atoms with Gasteiger partial charge in [-0.25, -0.2) is 0 Å². The lowest BCUT2D eigenvalue weighted by molar-refractivity contribution is -0.202. The second-order valence-electron chi connectivity index (χ2n) is 7.73. The smallest absolute Gasteiger partial charge is 0.260 e. The van der Waals surface area contributed by atoms with E-state index in [1.165, 1.54) is 12.8 Å². The van der Waals surface area contributed by atoms with Gasteiger partial charge in [0.15, 0.2) is 6.61 Å². The average Bonchev–Trinajstić information content (AvgIpc) is 3.41. The molecule has 136 valence electrons. The molecule has 5 heteroatoms. The van der Waals surface area contributed by atoms with E-state index in [2.05, 4.69) is 0 Å². The van der Waals surface area contributed by atoms with Gasteiger partial charge in [0.05, 0.1) is 19.2 Å². The van der Waals surface area contributed by atoms with E-state index in [1.807, 2.05) is 36.1 Å². The summed E-state index contributed by atoms with van der Waals surface area (Å²) >= 11 is 0. The number of carbonyl (C=O) groups excluding carboxylic acids is 1. The Kier molecular flexibility index (Phi) is 4.69. The maximum absolute atomic E-state index is 12.4. The lowest BCUT2D eigenvalue weighted by atomic mass is 9.84. The van der Waals surface area contributed by atoms with Crippen LogP contribution in [0.5, 0.6) is 5.75 Å². The summed E-state index contributed by atoms with van der Waals surface area (Å²) in [5.41, 5.74) is 0.854. The van der Waals surface area contributed by atoms with Crippen LogP contribution < -0.4 is 4.74 Å². The molecule has 1 amide bonds. The van der Waals surface area contributed by atoms with Gasteiger partial charge in [-0.05, 0) is 43.7 Å². The van der Waals surface area contributed by atoms with Gasteiger partial charge in [-0.1, -0.05) is 18.2 Å². The summed E-state index contributed by atoms with van der Waals surface area (Å²) < 4.78 is 17.7. The van der Waals surface area contributed by atoms with E-state index in [0.29, 0.717) is 13.1 Å². The van der Waals surface area contributed by atoms with Crippen molar-refractivity contribution in [2.45, 2.75) is 44.3 Å². The SMILES string of the molecule is Cc1ccccc1OCC(=O)N1CC2(C[C@H](OCC3CC3)CCO2)C1. The normalized spacial score (nSPS) is 24.8. The minimum atomic E-state index is -0.190. The molecule has 1 aromatic rings. The maximum atomic E-state index is 12.4. The second kappa shape index (κ2) is 6.96. The number of hydrogen-bond donors (Lipinski definition) is 0. The van der Waals surface area contributed by atoms with Crippen LogP contribution in [-0.2, 0) is 14.3 Å². The van der Waals surface area contributed by atoms with Gasteiger partial charge in [0, 0.05) is 19.6 Å². The molecular weight excluding hydrogens is 318 g/mol. The number of carbonyl (C=O) groups is 1. The van der Waals surface area contributed by atoms with Crippen LogP contribution >= 0.6 is 0 Å². The molecule has 2 heterocycles. The van der Waals surface area contributed by atoms with Crippen LogP contribution in [-0.4, -0.2) is 55.4 Å². The maximum Gasteiger partial charge on any atom is 0.260 e. The first-order valence-corrected chi connectivity index (χ1v) is 9.35. The van der Waals surface area contributed by atoms with E-state index in [9.17, 15) is 4.79 Å². The molecule has 0 bridgehead atoms. The Bertz CT molecular complexity index is 622. The van der Waals surface area contributed by atoms with Gasteiger partial charge in [-0.15, -0.1) is 0 Å². The Morgan fingerprint density at radius 1 is 1.28 bits per heavy atom. The van der Waals surface area contributed by atoms with Crippen molar-refractivity contribution >= 4 is 5.91 Å². The van der Waals surface area contributed by atoms with E-state index in [-0.39, 0.29) is 24.2 Å². The summed E-state index contributed by atoms with van der Waals surface area (Å²) in [4.78, 5) is 14.2. The van der Waals surface area contributed by atoms with Crippen LogP contribution in [0.2, 0.25) is 0 Å². The molecule has 3 fully saturated rings. The van der Waals surface area contributed by atoms with E-state index in [0.717, 1.165) is 43.3 Å². The van der Waals surface area contributed by atoms with Crippen molar-refractivity contribution in [2.75, 3.05) is 32.9 Å². The summed E-state index contributed by atoms with van der Waals surface area (Å²) in [6.45, 7) is 5.02. The zero-order valence-corrected chi connectivity index (χ0v) is 14.9. The van der Waals surface area contributed by atoms with E-state index >= 15 is 0 Å². The van der Waals surface area contributed by atoms with Crippen molar-refractivity contribution in [3.63, 3.8) is 0 Å². The number of rotatable bonds is 6. The molecule has 1 atom stereocenters. The Morgan fingerprint density at radius 2 is 2.08 bits per heavy atom. The highest BCUT2D eigenvalue weighted by Gasteiger charge is 2.49. The zero-order chi connectivity index (χ0) is 17.3. The molecule has 2 aliphatic heterocycles. The van der Waals surface area contributed by atoms with Gasteiger partial charge in [0.2, 0.25) is 0 Å². The van der Waals surface area contributed by atoms with Gasteiger partial charge >= 0.3 is 0 Å². The standard InChI is InChI=1S/C20H27NO4/c1-15-4-2-3-5-18(15)24-12-19(22)21-13-20(14-21)10-17(8-9-25-20)23-11-16-6-7-16/h2-5,16-17H,6-14H2,1H3/t17-/m1/s1. The Labute approximate surface area is 149 Å². The molecule has 1 saturated carbocycles. The minimum Gasteiger partial charge on any atom is -0.484 e. The number of benzene rings is 1. The van der Waals surface area contributed by atoms with Crippen LogP contribution in [0.1, 0.15) is 31.2 Å². The molecule has 1 aliphatic carbocycles. The zero-order valence-electron chi connectivity index (χ0n) is 14.9. The average molecular weight is 345 g/mol. The van der Waals surface area contributed by atoms with Crippen LogP contribution in [0.3, 0.4) is 0 Å². The number of hydrogen-bond acceptors (Lipinski definition) is 4. The molecule has 3 aliphatic rings. The predicted molar refractivity (Wildman–Crippen MR) is 93.6 cm³/mol. The number of amides is 1. The third kappa shape index (κ3) is 3.98. The summed E-state index contributed by atoms with van der Waals surface area (Å²) in [5, 5.41) is 0. The third-order valence-corrected chi connectivity index (χ3v) is 5.47. The molecule has 0 unspecified atom stereocenters. The first kappa shape index (κ1) is 16.9. The highest BCUT2D eigenvalue weighted by Crippen LogP contribution is 2.37. The van der Waals surface area contributed by atoms with Gasteiger partial charge in [0.25, 0.3) is 5.91 Å². The van der Waals surface area contributed by atoms with E-state index in [4.69, 9.17) is 14.2 Å². The molecular formula is C20H27NO4. The summed E-state index contributed by atoms with van der Waals surface area (Å²) in [5.74, 6) is 1.59. The second-order valence-corrected chi connectivity index (χ2v) is 7.73. The first-order valence-electron chi connectivity index (χ1n) is 9.35. The molecule has 5 nitrogen and oxygen atoms in total. The third-order valence-electron chi connectivity index (χ3n) is 5.47. The number of aryl methyl sites for hydroxylation is 1. The quantitative estimate of drug-likeness (QED) is 0.795. The summed E-state index contributed by atoms with van der Waals surface area (Å²) in [7, 11) is 0. The molecule has 1 spiro atoms. The number of likely N-dealkylation sites (tertiary alicyclic amines) is 1. The van der Waals surface area contributed by atoms with Crippen molar-refractivity contribution in [1.82, 2.24) is 4.90 Å². The first-order chi connectivity index (χ1) is 12.1. The van der Waals surface area contributed by atoms with Gasteiger partial charge in [0.1, 0.15) is 11.4 Å². The largest absolute Gasteiger partial charge is 0.484 e. The molecule has 0 radical (unpaired) electrons. The Hall–Kier alpha value is -1.59. The monoisotopic (exact) mass is 345 g/mol. The minimum absolute atomic E-state index is 0.0264. The Balaban J connectivity index is 1.23. The van der Waals surface area contributed by atoms with Gasteiger partial charge in [-0.2, -0.15) is 0 Å². The highest BCUT2D eigenvalue weighted by atomic mass is 16.5. The van der Waals surface area contributed by atoms with Crippen LogP contribution in [0.4, 0.5) is 0 Å². The van der Waals surface area contributed by atoms with Crippen molar-refractivity contribution in [3.05, 3.63) is 29.8 Å². The van der Waals surface area contributed by atoms with Gasteiger partial charge < -0.3 is 19.1 Å². The highest BCUT2D eigenvalue weighted by molar-refractivity contribution is 5.79. The van der Waals surface area contributed by atoms with Crippen LogP contribution in [0.25, 0.3) is 0 Å². The lowest BCUT2D eigenvalue weighted by Gasteiger charge is -2.52. The van der Waals surface area contributed by atoms with Crippen LogP contribution in [0.15, 0.2) is 24.3 Å². The molecule has 0 N–H and O–H groups in total. The van der Waals surface area contributed by atoms with Gasteiger partial charge in [-0.3, -0.25) is 4.79 Å². The van der Waals surface area contributed by atoms with Crippen molar-refractivity contribution in [1.29, 1.82) is 0 Å². The van der Waals surface area contributed by atoms with E-state index in [1.54, 1.807) is 0 Å². The molecule has 4 rings (SSSR count). The number of nitrogens with zero attached hydrogens (tertiary/aromatic N) is 1. The molecule has 2 saturated heterocycles. The van der Waals surface area contributed by atoms with Crippen molar-refractivity contribution in [2.24, 2.45) is 5.92 Å². The summed E-state index contributed by atoms with van der Waals surface area (Å²) in [6, 6.07) is 7.76. The van der Waals surface area contributed by atoms with E-state index < -0.39 is 0 Å². The lowest BCUT2D eigenvalue weighted by Crippen LogP contribution is -2.67. The topological polar surface area (TPSA) is 48.0 Å². The fraction of sp³-hybridized carbons (Fsp3) is 0.650. The fourth-order valence-electron chi connectivity index (χ4n) is 3.68. The summed E-state index contributed by atoms with van der Waals surface area (Å²) in [6.07, 6.45) is 4.80. The van der Waals surface area contributed by atoms with Crippen molar-refractivity contribution < 1.29 is 19.0 Å². The Morgan fingerprint density at radius 3 is 2.84 bits per heavy atom. The number of ether oxygens (including phenoxy) is 3. The van der Waals surface area contributed by atoms with Crippen molar-refractivity contribution in [3.8, 4) is 5.75 Å². The number of para-hydroxylation sites is 1. The molecule has 1 aromatic carbocycles. The van der Waals surface area contributed by atoms with Crippen LogP contribution in [0, 0.1) is 12.8 Å². The predicted octanol–water partition coefficient (Wildman–Crippen LogP) is 2.56. The molecule has 25 heavy (non-hydrogen) atoms. The fourth-order valence-corrected chi connectivity index (χ4v) is 3.68. The molecule has 0 aromatic heterocycles.